The number of barbiturate groups is 1. The Morgan fingerprint density at radius 2 is 1.77 bits per heavy atom. The quantitative estimate of drug-likeness (QED) is 0.327. The number of halogens is 2. The molecule has 1 aliphatic heterocycles. The van der Waals surface area contributed by atoms with Gasteiger partial charge in [0.05, 0.1) is 28.3 Å². The molecule has 1 heterocycles. The first-order valence-corrected chi connectivity index (χ1v) is 11.9. The fraction of sp³-hybridized carbons (Fsp3) is 0.217. The third-order valence-electron chi connectivity index (χ3n) is 4.66. The fourth-order valence-corrected chi connectivity index (χ4v) is 4.58. The fourth-order valence-electron chi connectivity index (χ4n) is 3.13. The molecule has 12 heteroatoms. The van der Waals surface area contributed by atoms with Gasteiger partial charge in [0, 0.05) is 6.07 Å². The molecule has 0 unspecified atom stereocenters. The third-order valence-corrected chi connectivity index (χ3v) is 5.84. The van der Waals surface area contributed by atoms with E-state index in [2.05, 4.69) is 37.2 Å². The van der Waals surface area contributed by atoms with Crippen molar-refractivity contribution in [3.05, 3.63) is 50.4 Å². The maximum absolute atomic E-state index is 13.2. The second kappa shape index (κ2) is 11.4. The Bertz CT molecular complexity index is 1210. The molecule has 0 atom stereocenters. The zero-order valence-electron chi connectivity index (χ0n) is 18.7. The van der Waals surface area contributed by atoms with Crippen LogP contribution in [0.15, 0.2) is 44.9 Å². The highest BCUT2D eigenvalue weighted by molar-refractivity contribution is 9.11. The van der Waals surface area contributed by atoms with Gasteiger partial charge in [0.15, 0.2) is 18.1 Å². The highest BCUT2D eigenvalue weighted by Gasteiger charge is 2.37. The average Bonchev–Trinajstić information content (AvgIpc) is 2.79. The van der Waals surface area contributed by atoms with E-state index in [1.54, 1.807) is 18.2 Å². The van der Waals surface area contributed by atoms with Crippen molar-refractivity contribution < 1.29 is 33.4 Å². The van der Waals surface area contributed by atoms with E-state index in [9.17, 15) is 19.2 Å². The van der Waals surface area contributed by atoms with Crippen molar-refractivity contribution in [1.82, 2.24) is 5.32 Å². The van der Waals surface area contributed by atoms with Gasteiger partial charge in [-0.2, -0.15) is 0 Å². The lowest BCUT2D eigenvalue weighted by Crippen LogP contribution is -2.54. The summed E-state index contributed by atoms with van der Waals surface area (Å²) in [6, 6.07) is 6.86. The van der Waals surface area contributed by atoms with Crippen LogP contribution in [0, 0.1) is 0 Å². The monoisotopic (exact) mass is 609 g/mol. The van der Waals surface area contributed by atoms with Crippen LogP contribution < -0.4 is 30.2 Å². The molecule has 2 aromatic rings. The summed E-state index contributed by atoms with van der Waals surface area (Å²) in [5.74, 6) is -1.19. The molecule has 3 N–H and O–H groups in total. The number of carbonyl (C=O) groups is 4. The van der Waals surface area contributed by atoms with E-state index >= 15 is 0 Å². The predicted octanol–water partition coefficient (Wildman–Crippen LogP) is 3.54. The number of hydrogen-bond acceptors (Lipinski definition) is 7. The minimum atomic E-state index is -0.890. The molecule has 1 aliphatic rings. The number of rotatable bonds is 9. The molecule has 10 nitrogen and oxygen atoms in total. The number of benzene rings is 2. The van der Waals surface area contributed by atoms with E-state index in [0.29, 0.717) is 38.4 Å². The Labute approximate surface area is 217 Å². The van der Waals surface area contributed by atoms with Gasteiger partial charge in [0.25, 0.3) is 17.7 Å². The summed E-state index contributed by atoms with van der Waals surface area (Å²) < 4.78 is 17.2. The standard InChI is InChI=1S/C23H21Br2N3O7/c1-3-6-34-17-5-4-13(10-18(17)33-2)28-22(31)14(21(30)27-23(28)32)7-12-8-15(24)20(16(25)9-12)35-11-19(26)29/h4-5,7-10H,3,6,11H2,1-2H3,(H2,26,29)(H,27,30,32)/b14-7+. The zero-order valence-corrected chi connectivity index (χ0v) is 21.9. The van der Waals surface area contributed by atoms with Crippen molar-refractivity contribution in [2.45, 2.75) is 13.3 Å². The van der Waals surface area contributed by atoms with Gasteiger partial charge in [-0.05, 0) is 74.2 Å². The van der Waals surface area contributed by atoms with E-state index in [0.717, 1.165) is 11.3 Å². The number of amides is 5. The van der Waals surface area contributed by atoms with E-state index < -0.39 is 23.8 Å². The van der Waals surface area contributed by atoms with Crippen LogP contribution in [0.3, 0.4) is 0 Å². The number of urea groups is 1. The summed E-state index contributed by atoms with van der Waals surface area (Å²) in [6.45, 7) is 2.10. The minimum absolute atomic E-state index is 0.198. The second-order valence-corrected chi connectivity index (χ2v) is 8.92. The van der Waals surface area contributed by atoms with Crippen molar-refractivity contribution in [1.29, 1.82) is 0 Å². The molecule has 1 fully saturated rings. The first kappa shape index (κ1) is 26.2. The molecule has 3 rings (SSSR count). The van der Waals surface area contributed by atoms with Crippen LogP contribution in [0.25, 0.3) is 6.08 Å². The van der Waals surface area contributed by atoms with Crippen LogP contribution in [-0.2, 0) is 14.4 Å². The van der Waals surface area contributed by atoms with Gasteiger partial charge in [-0.3, -0.25) is 19.7 Å². The molecule has 35 heavy (non-hydrogen) atoms. The SMILES string of the molecule is CCCOc1ccc(N2C(=O)NC(=O)/C(=C\c3cc(Br)c(OCC(N)=O)c(Br)c3)C2=O)cc1OC. The first-order chi connectivity index (χ1) is 16.7. The number of primary amides is 1. The highest BCUT2D eigenvalue weighted by atomic mass is 79.9. The normalized spacial score (nSPS) is 14.7. The van der Waals surface area contributed by atoms with Crippen LogP contribution in [0.2, 0.25) is 0 Å². The summed E-state index contributed by atoms with van der Waals surface area (Å²) in [5.41, 5.74) is 5.49. The Morgan fingerprint density at radius 1 is 1.09 bits per heavy atom. The molecule has 5 amide bonds. The number of nitrogens with zero attached hydrogens (tertiary/aromatic N) is 1. The summed E-state index contributed by atoms with van der Waals surface area (Å²) in [7, 11) is 1.44. The number of methoxy groups -OCH3 is 1. The first-order valence-electron chi connectivity index (χ1n) is 10.3. The van der Waals surface area contributed by atoms with Gasteiger partial charge in [-0.25, -0.2) is 9.69 Å². The molecular formula is C23H21Br2N3O7. The van der Waals surface area contributed by atoms with Crippen molar-refractivity contribution in [3.63, 3.8) is 0 Å². The number of nitrogens with one attached hydrogen (secondary N) is 1. The molecule has 2 aromatic carbocycles. The van der Waals surface area contributed by atoms with Gasteiger partial charge in [0.2, 0.25) is 0 Å². The van der Waals surface area contributed by atoms with Crippen molar-refractivity contribution >= 4 is 67.4 Å². The molecule has 0 aliphatic carbocycles. The Balaban J connectivity index is 1.95. The van der Waals surface area contributed by atoms with Crippen LogP contribution in [0.1, 0.15) is 18.9 Å². The number of ether oxygens (including phenoxy) is 3. The summed E-state index contributed by atoms with van der Waals surface area (Å²) in [6.07, 6.45) is 2.12. The Kier molecular flexibility index (Phi) is 8.52. The second-order valence-electron chi connectivity index (χ2n) is 7.21. The molecule has 0 aromatic heterocycles. The summed E-state index contributed by atoms with van der Waals surface area (Å²) >= 11 is 6.66. The summed E-state index contributed by atoms with van der Waals surface area (Å²) in [4.78, 5) is 50.1. The predicted molar refractivity (Wildman–Crippen MR) is 134 cm³/mol. The molecule has 0 radical (unpaired) electrons. The molecule has 0 spiro atoms. The van der Waals surface area contributed by atoms with Crippen molar-refractivity contribution in [3.8, 4) is 17.2 Å². The van der Waals surface area contributed by atoms with Crippen LogP contribution in [0.4, 0.5) is 10.5 Å². The van der Waals surface area contributed by atoms with E-state index in [-0.39, 0.29) is 17.9 Å². The third kappa shape index (κ3) is 6.01. The van der Waals surface area contributed by atoms with Crippen molar-refractivity contribution in [2.24, 2.45) is 5.73 Å². The number of imide groups is 2. The van der Waals surface area contributed by atoms with Gasteiger partial charge < -0.3 is 19.9 Å². The number of nitrogens with two attached hydrogens (primary N) is 1. The lowest BCUT2D eigenvalue weighted by molar-refractivity contribution is -0.123. The number of carbonyl (C=O) groups excluding carboxylic acids is 4. The zero-order chi connectivity index (χ0) is 25.7. The largest absolute Gasteiger partial charge is 0.493 e. The lowest BCUT2D eigenvalue weighted by Gasteiger charge is -2.27. The topological polar surface area (TPSA) is 137 Å². The summed E-state index contributed by atoms with van der Waals surface area (Å²) in [5, 5.41) is 2.18. The molecule has 0 saturated carbocycles. The maximum Gasteiger partial charge on any atom is 0.335 e. The van der Waals surface area contributed by atoms with Crippen LogP contribution in [-0.4, -0.2) is 44.1 Å². The molecule has 184 valence electrons. The molecular weight excluding hydrogens is 590 g/mol. The smallest absolute Gasteiger partial charge is 0.335 e. The molecule has 1 saturated heterocycles. The maximum atomic E-state index is 13.2. The molecule has 0 bridgehead atoms. The van der Waals surface area contributed by atoms with Gasteiger partial charge in [-0.1, -0.05) is 6.92 Å². The average molecular weight is 611 g/mol. The van der Waals surface area contributed by atoms with Gasteiger partial charge >= 0.3 is 6.03 Å². The van der Waals surface area contributed by atoms with E-state index in [1.807, 2.05) is 6.92 Å². The van der Waals surface area contributed by atoms with Crippen LogP contribution >= 0.6 is 31.9 Å². The van der Waals surface area contributed by atoms with Crippen molar-refractivity contribution in [2.75, 3.05) is 25.2 Å². The van der Waals surface area contributed by atoms with Gasteiger partial charge in [-0.15, -0.1) is 0 Å². The Morgan fingerprint density at radius 3 is 2.37 bits per heavy atom. The van der Waals surface area contributed by atoms with E-state index in [1.165, 1.54) is 25.3 Å². The lowest BCUT2D eigenvalue weighted by atomic mass is 10.1. The Hall–Kier alpha value is -3.38. The van der Waals surface area contributed by atoms with E-state index in [4.69, 9.17) is 19.9 Å². The number of hydrogen-bond donors (Lipinski definition) is 2. The highest BCUT2D eigenvalue weighted by Crippen LogP contribution is 2.36. The van der Waals surface area contributed by atoms with Crippen LogP contribution in [0.5, 0.6) is 17.2 Å². The minimum Gasteiger partial charge on any atom is -0.493 e. The number of anilines is 1. The van der Waals surface area contributed by atoms with Gasteiger partial charge in [0.1, 0.15) is 11.3 Å².